The Morgan fingerprint density at radius 2 is 0.868 bits per heavy atom. The molecule has 180 valence electrons. The van der Waals surface area contributed by atoms with Gasteiger partial charge in [0.15, 0.2) is 0 Å². The lowest BCUT2D eigenvalue weighted by molar-refractivity contribution is 1.02. The van der Waals surface area contributed by atoms with Gasteiger partial charge in [0.2, 0.25) is 0 Å². The number of benzene rings is 6. The number of nitrogens with one attached hydrogen (secondary N) is 1. The molecule has 0 amide bonds. The molecule has 0 aliphatic heterocycles. The zero-order chi connectivity index (χ0) is 25.3. The van der Waals surface area contributed by atoms with Crippen LogP contribution in [0.15, 0.2) is 152 Å². The maximum atomic E-state index is 3.54. The molecule has 7 rings (SSSR count). The van der Waals surface area contributed by atoms with Crippen LogP contribution in [-0.4, -0.2) is 0 Å². The molecular formula is C37H27N. The molecule has 1 nitrogen and oxygen atoms in total. The fourth-order valence-electron chi connectivity index (χ4n) is 5.68. The van der Waals surface area contributed by atoms with Crippen molar-refractivity contribution in [3.63, 3.8) is 0 Å². The van der Waals surface area contributed by atoms with Crippen LogP contribution < -0.4 is 5.32 Å². The average molecular weight is 486 g/mol. The van der Waals surface area contributed by atoms with Gasteiger partial charge in [0, 0.05) is 17.3 Å². The van der Waals surface area contributed by atoms with Gasteiger partial charge in [-0.2, -0.15) is 0 Å². The minimum atomic E-state index is 0.288. The van der Waals surface area contributed by atoms with Gasteiger partial charge in [-0.3, -0.25) is 0 Å². The molecule has 0 heterocycles. The first kappa shape index (κ1) is 22.3. The van der Waals surface area contributed by atoms with E-state index in [2.05, 4.69) is 151 Å². The quantitative estimate of drug-likeness (QED) is 0.256. The minimum Gasteiger partial charge on any atom is -0.356 e. The van der Waals surface area contributed by atoms with Crippen molar-refractivity contribution < 1.29 is 0 Å². The number of anilines is 2. The molecule has 0 radical (unpaired) electrons. The summed E-state index contributed by atoms with van der Waals surface area (Å²) in [6, 6.07) is 54.5. The van der Waals surface area contributed by atoms with E-state index in [1.807, 2.05) is 6.07 Å². The number of rotatable bonds is 5. The van der Waals surface area contributed by atoms with Crippen LogP contribution in [0.2, 0.25) is 0 Å². The lowest BCUT2D eigenvalue weighted by Gasteiger charge is -2.14. The zero-order valence-corrected chi connectivity index (χ0v) is 21.0. The third-order valence-electron chi connectivity index (χ3n) is 7.56. The van der Waals surface area contributed by atoms with Gasteiger partial charge in [0.25, 0.3) is 0 Å². The van der Waals surface area contributed by atoms with Crippen LogP contribution in [0.5, 0.6) is 0 Å². The monoisotopic (exact) mass is 485 g/mol. The molecule has 0 saturated carbocycles. The highest BCUT2D eigenvalue weighted by molar-refractivity contribution is 5.84. The lowest BCUT2D eigenvalue weighted by Crippen LogP contribution is -1.98. The fourth-order valence-corrected chi connectivity index (χ4v) is 5.68. The Labute approximate surface area is 224 Å². The Bertz CT molecular complexity index is 1700. The van der Waals surface area contributed by atoms with Crippen molar-refractivity contribution in [3.8, 4) is 33.4 Å². The predicted molar refractivity (Wildman–Crippen MR) is 160 cm³/mol. The standard InChI is InChI=1S/C37H27N/c1-3-9-26(10-4-1)27-15-20-31(21-16-27)38-32-22-17-28(18-23-32)30-19-24-35-36(25-30)33-13-7-8-14-34(33)37(35)29-11-5-2-6-12-29/h1-25,37-38H. The van der Waals surface area contributed by atoms with Gasteiger partial charge in [0.1, 0.15) is 0 Å². The summed E-state index contributed by atoms with van der Waals surface area (Å²) in [6.07, 6.45) is 0. The van der Waals surface area contributed by atoms with Crippen molar-refractivity contribution in [3.05, 3.63) is 168 Å². The molecule has 0 saturated heterocycles. The van der Waals surface area contributed by atoms with E-state index in [4.69, 9.17) is 0 Å². The summed E-state index contributed by atoms with van der Waals surface area (Å²) < 4.78 is 0. The molecule has 1 N–H and O–H groups in total. The third kappa shape index (κ3) is 4.09. The number of fused-ring (bicyclic) bond motifs is 3. The molecule has 0 bridgehead atoms. The smallest absolute Gasteiger partial charge is 0.0384 e. The summed E-state index contributed by atoms with van der Waals surface area (Å²) in [7, 11) is 0. The van der Waals surface area contributed by atoms with E-state index in [9.17, 15) is 0 Å². The molecule has 6 aromatic rings. The van der Waals surface area contributed by atoms with Crippen LogP contribution in [0, 0.1) is 0 Å². The van der Waals surface area contributed by atoms with Gasteiger partial charge in [-0.1, -0.05) is 121 Å². The summed E-state index contributed by atoms with van der Waals surface area (Å²) in [4.78, 5) is 0. The van der Waals surface area contributed by atoms with E-state index in [-0.39, 0.29) is 5.92 Å². The van der Waals surface area contributed by atoms with E-state index in [0.29, 0.717) is 0 Å². The van der Waals surface area contributed by atoms with Crippen molar-refractivity contribution in [1.82, 2.24) is 0 Å². The van der Waals surface area contributed by atoms with Crippen LogP contribution in [0.3, 0.4) is 0 Å². The van der Waals surface area contributed by atoms with Crippen molar-refractivity contribution in [2.45, 2.75) is 5.92 Å². The van der Waals surface area contributed by atoms with Gasteiger partial charge in [-0.25, -0.2) is 0 Å². The van der Waals surface area contributed by atoms with Crippen LogP contribution in [0.25, 0.3) is 33.4 Å². The zero-order valence-electron chi connectivity index (χ0n) is 21.0. The number of hydrogen-bond acceptors (Lipinski definition) is 1. The molecule has 6 aromatic carbocycles. The second-order valence-electron chi connectivity index (χ2n) is 9.88. The minimum absolute atomic E-state index is 0.288. The maximum absolute atomic E-state index is 3.54. The SMILES string of the molecule is c1ccc(-c2ccc(Nc3ccc(-c4ccc5c(c4)-c4ccccc4C5c4ccccc4)cc3)cc2)cc1. The van der Waals surface area contributed by atoms with Crippen LogP contribution in [-0.2, 0) is 0 Å². The Hall–Kier alpha value is -4.88. The fraction of sp³-hybridized carbons (Fsp3) is 0.0270. The van der Waals surface area contributed by atoms with Gasteiger partial charge in [-0.05, 0) is 80.4 Å². The summed E-state index contributed by atoms with van der Waals surface area (Å²) in [6.45, 7) is 0. The lowest BCUT2D eigenvalue weighted by atomic mass is 9.89. The van der Waals surface area contributed by atoms with E-state index in [1.165, 1.54) is 50.1 Å². The maximum Gasteiger partial charge on any atom is 0.0384 e. The first-order chi connectivity index (χ1) is 18.8. The molecule has 1 heteroatoms. The Morgan fingerprint density at radius 3 is 1.55 bits per heavy atom. The van der Waals surface area contributed by atoms with Crippen molar-refractivity contribution in [1.29, 1.82) is 0 Å². The van der Waals surface area contributed by atoms with Gasteiger partial charge < -0.3 is 5.32 Å². The van der Waals surface area contributed by atoms with E-state index in [0.717, 1.165) is 11.4 Å². The third-order valence-corrected chi connectivity index (χ3v) is 7.56. The normalized spacial score (nSPS) is 13.5. The highest BCUT2D eigenvalue weighted by atomic mass is 14.9. The molecule has 0 aromatic heterocycles. The van der Waals surface area contributed by atoms with Gasteiger partial charge in [-0.15, -0.1) is 0 Å². The second kappa shape index (κ2) is 9.53. The second-order valence-corrected chi connectivity index (χ2v) is 9.88. The summed E-state index contributed by atoms with van der Waals surface area (Å²) in [5, 5.41) is 3.54. The Morgan fingerprint density at radius 1 is 0.368 bits per heavy atom. The van der Waals surface area contributed by atoms with Crippen molar-refractivity contribution >= 4 is 11.4 Å². The largest absolute Gasteiger partial charge is 0.356 e. The van der Waals surface area contributed by atoms with Crippen LogP contribution in [0.1, 0.15) is 22.6 Å². The first-order valence-corrected chi connectivity index (χ1v) is 13.1. The highest BCUT2D eigenvalue weighted by Crippen LogP contribution is 2.48. The number of hydrogen-bond donors (Lipinski definition) is 1. The first-order valence-electron chi connectivity index (χ1n) is 13.1. The van der Waals surface area contributed by atoms with Crippen LogP contribution in [0.4, 0.5) is 11.4 Å². The molecule has 1 aliphatic carbocycles. The Balaban J connectivity index is 1.15. The predicted octanol–water partition coefficient (Wildman–Crippen LogP) is 9.92. The molecule has 1 atom stereocenters. The summed E-state index contributed by atoms with van der Waals surface area (Å²) in [5.41, 5.74) is 13.9. The molecule has 1 unspecified atom stereocenters. The van der Waals surface area contributed by atoms with Crippen molar-refractivity contribution in [2.75, 3.05) is 5.32 Å². The molecule has 0 spiro atoms. The van der Waals surface area contributed by atoms with Crippen molar-refractivity contribution in [2.24, 2.45) is 0 Å². The molecule has 0 fully saturated rings. The summed E-state index contributed by atoms with van der Waals surface area (Å²) in [5.74, 6) is 0.288. The molecule has 38 heavy (non-hydrogen) atoms. The molecular weight excluding hydrogens is 458 g/mol. The molecule has 1 aliphatic rings. The average Bonchev–Trinajstić information content (AvgIpc) is 3.33. The highest BCUT2D eigenvalue weighted by Gasteiger charge is 2.29. The van der Waals surface area contributed by atoms with Gasteiger partial charge in [0.05, 0.1) is 0 Å². The van der Waals surface area contributed by atoms with Crippen LogP contribution >= 0.6 is 0 Å². The topological polar surface area (TPSA) is 12.0 Å². The summed E-state index contributed by atoms with van der Waals surface area (Å²) >= 11 is 0. The van der Waals surface area contributed by atoms with Gasteiger partial charge >= 0.3 is 0 Å². The van der Waals surface area contributed by atoms with E-state index in [1.54, 1.807) is 0 Å². The van der Waals surface area contributed by atoms with E-state index >= 15 is 0 Å². The van der Waals surface area contributed by atoms with E-state index < -0.39 is 0 Å². The Kier molecular flexibility index (Phi) is 5.60.